The molecule has 35 heavy (non-hydrogen) atoms. The van der Waals surface area contributed by atoms with E-state index in [0.717, 1.165) is 10.5 Å². The highest BCUT2D eigenvalue weighted by Gasteiger charge is 2.40. The second-order valence-corrected chi connectivity index (χ2v) is 7.96. The maximum Gasteiger partial charge on any atom is 0.282 e. The van der Waals surface area contributed by atoms with E-state index in [9.17, 15) is 29.3 Å². The zero-order valence-electron chi connectivity index (χ0n) is 18.5. The summed E-state index contributed by atoms with van der Waals surface area (Å²) in [4.78, 5) is 60.1. The highest BCUT2D eigenvalue weighted by atomic mass is 16.6. The van der Waals surface area contributed by atoms with Crippen LogP contribution in [0, 0.1) is 10.1 Å². The number of nitrogens with one attached hydrogen (secondary N) is 2. The van der Waals surface area contributed by atoms with Crippen molar-refractivity contribution in [3.05, 3.63) is 86.2 Å². The van der Waals surface area contributed by atoms with Gasteiger partial charge in [-0.15, -0.1) is 0 Å². The van der Waals surface area contributed by atoms with Gasteiger partial charge >= 0.3 is 0 Å². The standard InChI is InChI=1S/C24H21N5O6/c30-20(25-16-7-4-6-15(14-16)18-11-12-21(31)27-26-18)10-2-1-3-13-28-23(32)17-8-5-9-19(29(34)35)22(17)24(28)33/h4-9,11-12,14H,1-3,10,13H2,(H,25,30)(H,27,31). The van der Waals surface area contributed by atoms with Gasteiger partial charge in [-0.2, -0.15) is 5.10 Å². The fourth-order valence-electron chi connectivity index (χ4n) is 3.89. The maximum absolute atomic E-state index is 12.6. The zero-order valence-corrected chi connectivity index (χ0v) is 18.5. The number of hydrogen-bond acceptors (Lipinski definition) is 7. The molecule has 11 heteroatoms. The number of H-pyrrole nitrogens is 1. The Balaban J connectivity index is 1.25. The van der Waals surface area contributed by atoms with Crippen LogP contribution >= 0.6 is 0 Å². The molecular formula is C24H21N5O6. The van der Waals surface area contributed by atoms with E-state index in [0.29, 0.717) is 30.6 Å². The highest BCUT2D eigenvalue weighted by Crippen LogP contribution is 2.31. The summed E-state index contributed by atoms with van der Waals surface area (Å²) in [7, 11) is 0. The molecule has 1 aromatic heterocycles. The van der Waals surface area contributed by atoms with Crippen molar-refractivity contribution in [3.8, 4) is 11.3 Å². The second-order valence-electron chi connectivity index (χ2n) is 7.96. The first-order valence-corrected chi connectivity index (χ1v) is 10.9. The van der Waals surface area contributed by atoms with Crippen molar-refractivity contribution in [2.75, 3.05) is 11.9 Å². The lowest BCUT2D eigenvalue weighted by Gasteiger charge is -2.13. The van der Waals surface area contributed by atoms with Crippen LogP contribution in [0.4, 0.5) is 11.4 Å². The first-order valence-electron chi connectivity index (χ1n) is 10.9. The highest BCUT2D eigenvalue weighted by molar-refractivity contribution is 6.23. The Labute approximate surface area is 198 Å². The zero-order chi connectivity index (χ0) is 24.9. The van der Waals surface area contributed by atoms with Gasteiger partial charge in [0.15, 0.2) is 0 Å². The van der Waals surface area contributed by atoms with Crippen molar-refractivity contribution in [1.29, 1.82) is 0 Å². The van der Waals surface area contributed by atoms with Crippen molar-refractivity contribution in [2.45, 2.75) is 25.7 Å². The molecule has 2 heterocycles. The van der Waals surface area contributed by atoms with E-state index in [-0.39, 0.29) is 41.2 Å². The van der Waals surface area contributed by atoms with Gasteiger partial charge in [-0.3, -0.25) is 34.2 Å². The number of carbonyl (C=O) groups excluding carboxylic acids is 3. The Morgan fingerprint density at radius 2 is 1.80 bits per heavy atom. The van der Waals surface area contributed by atoms with Gasteiger partial charge in [0.25, 0.3) is 23.1 Å². The number of nitro groups is 1. The lowest BCUT2D eigenvalue weighted by Crippen LogP contribution is -2.30. The van der Waals surface area contributed by atoms with Crippen molar-refractivity contribution in [1.82, 2.24) is 15.1 Å². The Bertz CT molecular complexity index is 1360. The van der Waals surface area contributed by atoms with Crippen LogP contribution in [0.5, 0.6) is 0 Å². The van der Waals surface area contributed by atoms with E-state index in [1.54, 1.807) is 24.3 Å². The number of anilines is 1. The lowest BCUT2D eigenvalue weighted by molar-refractivity contribution is -0.385. The number of unbranched alkanes of at least 4 members (excludes halogenated alkanes) is 2. The molecular weight excluding hydrogens is 454 g/mol. The number of nitro benzene ring substituents is 1. The molecule has 0 fully saturated rings. The van der Waals surface area contributed by atoms with E-state index in [2.05, 4.69) is 15.5 Å². The molecule has 0 radical (unpaired) electrons. The summed E-state index contributed by atoms with van der Waals surface area (Å²) in [5.74, 6) is -1.39. The monoisotopic (exact) mass is 475 g/mol. The molecule has 1 aliphatic rings. The lowest BCUT2D eigenvalue weighted by atomic mass is 10.1. The van der Waals surface area contributed by atoms with Crippen molar-refractivity contribution in [2.24, 2.45) is 0 Å². The Kier molecular flexibility index (Phi) is 6.76. The maximum atomic E-state index is 12.6. The predicted molar refractivity (Wildman–Crippen MR) is 126 cm³/mol. The normalized spacial score (nSPS) is 12.5. The number of rotatable bonds is 9. The van der Waals surface area contributed by atoms with Crippen LogP contribution in [0.3, 0.4) is 0 Å². The first kappa shape index (κ1) is 23.5. The fourth-order valence-corrected chi connectivity index (χ4v) is 3.89. The molecule has 2 aromatic carbocycles. The molecule has 0 atom stereocenters. The van der Waals surface area contributed by atoms with Crippen LogP contribution in [-0.2, 0) is 4.79 Å². The second kappa shape index (κ2) is 10.1. The van der Waals surface area contributed by atoms with Gasteiger partial charge in [0.05, 0.1) is 16.2 Å². The van der Waals surface area contributed by atoms with E-state index in [1.807, 2.05) is 6.07 Å². The minimum absolute atomic E-state index is 0.0443. The smallest absolute Gasteiger partial charge is 0.282 e. The number of benzene rings is 2. The third kappa shape index (κ3) is 5.13. The predicted octanol–water partition coefficient (Wildman–Crippen LogP) is 3.14. The van der Waals surface area contributed by atoms with Crippen LogP contribution in [0.25, 0.3) is 11.3 Å². The van der Waals surface area contributed by atoms with E-state index >= 15 is 0 Å². The summed E-state index contributed by atoms with van der Waals surface area (Å²) in [6.45, 7) is 0.124. The quantitative estimate of drug-likeness (QED) is 0.208. The minimum Gasteiger partial charge on any atom is -0.326 e. The number of fused-ring (bicyclic) bond motifs is 1. The fraction of sp³-hybridized carbons (Fsp3) is 0.208. The number of amides is 3. The summed E-state index contributed by atoms with van der Waals surface area (Å²) in [5.41, 5.74) is 1.10. The molecule has 178 valence electrons. The Morgan fingerprint density at radius 3 is 2.54 bits per heavy atom. The number of aromatic amines is 1. The number of nitrogens with zero attached hydrogens (tertiary/aromatic N) is 3. The van der Waals surface area contributed by atoms with Gasteiger partial charge in [0, 0.05) is 36.3 Å². The number of carbonyl (C=O) groups is 3. The number of hydrogen-bond donors (Lipinski definition) is 2. The number of imide groups is 1. The summed E-state index contributed by atoms with van der Waals surface area (Å²) in [5, 5.41) is 20.3. The van der Waals surface area contributed by atoms with E-state index in [1.165, 1.54) is 24.3 Å². The average molecular weight is 475 g/mol. The van der Waals surface area contributed by atoms with Gasteiger partial charge in [0.1, 0.15) is 5.56 Å². The third-order valence-electron chi connectivity index (χ3n) is 5.58. The molecule has 0 saturated heterocycles. The molecule has 3 amide bonds. The van der Waals surface area contributed by atoms with Crippen molar-refractivity contribution < 1.29 is 19.3 Å². The molecule has 0 unspecified atom stereocenters. The SMILES string of the molecule is O=C(CCCCCN1C(=O)c2cccc([N+](=O)[O-])c2C1=O)Nc1cccc(-c2ccc(=O)[nH]n2)c1. The van der Waals surface area contributed by atoms with Crippen LogP contribution < -0.4 is 10.9 Å². The van der Waals surface area contributed by atoms with Crippen molar-refractivity contribution in [3.63, 3.8) is 0 Å². The summed E-state index contributed by atoms with van der Waals surface area (Å²) in [6, 6.07) is 14.0. The van der Waals surface area contributed by atoms with Gasteiger partial charge < -0.3 is 5.32 Å². The molecule has 1 aliphatic heterocycles. The molecule has 3 aromatic rings. The third-order valence-corrected chi connectivity index (χ3v) is 5.58. The summed E-state index contributed by atoms with van der Waals surface area (Å²) >= 11 is 0. The summed E-state index contributed by atoms with van der Waals surface area (Å²) in [6.07, 6.45) is 1.84. The van der Waals surface area contributed by atoms with Gasteiger partial charge in [0.2, 0.25) is 5.91 Å². The van der Waals surface area contributed by atoms with Gasteiger partial charge in [-0.1, -0.05) is 24.6 Å². The van der Waals surface area contributed by atoms with Crippen LogP contribution in [-0.4, -0.2) is 44.3 Å². The molecule has 4 rings (SSSR count). The first-order chi connectivity index (χ1) is 16.8. The average Bonchev–Trinajstić information content (AvgIpc) is 3.09. The minimum atomic E-state index is -0.668. The summed E-state index contributed by atoms with van der Waals surface area (Å²) < 4.78 is 0. The van der Waals surface area contributed by atoms with Crippen LogP contribution in [0.15, 0.2) is 59.4 Å². The van der Waals surface area contributed by atoms with Crippen LogP contribution in [0.2, 0.25) is 0 Å². The molecule has 2 N–H and O–H groups in total. The molecule has 0 spiro atoms. The number of aromatic nitrogens is 2. The Hall–Kier alpha value is -4.67. The van der Waals surface area contributed by atoms with Gasteiger partial charge in [-0.05, 0) is 37.1 Å². The van der Waals surface area contributed by atoms with E-state index in [4.69, 9.17) is 0 Å². The topological polar surface area (TPSA) is 155 Å². The van der Waals surface area contributed by atoms with Crippen molar-refractivity contribution >= 4 is 29.1 Å². The molecule has 0 bridgehead atoms. The largest absolute Gasteiger partial charge is 0.326 e. The van der Waals surface area contributed by atoms with Crippen LogP contribution in [0.1, 0.15) is 46.4 Å². The molecule has 0 aliphatic carbocycles. The Morgan fingerprint density at radius 1 is 1.00 bits per heavy atom. The van der Waals surface area contributed by atoms with Gasteiger partial charge in [-0.25, -0.2) is 5.10 Å². The van der Waals surface area contributed by atoms with E-state index < -0.39 is 16.7 Å². The molecule has 11 nitrogen and oxygen atoms in total. The molecule has 0 saturated carbocycles.